The van der Waals surface area contributed by atoms with Gasteiger partial charge in [0.05, 0.1) is 0 Å². The molecular weight excluding hydrogens is 415 g/mol. The largest absolute Gasteiger partial charge is 0.456 e. The highest BCUT2D eigenvalue weighted by Gasteiger charge is 2.35. The number of hydrogen-bond donors (Lipinski definition) is 0. The quantitative estimate of drug-likeness (QED) is 0.435. The molecule has 7 heteroatoms. The first-order valence-electron chi connectivity index (χ1n) is 7.00. The molecule has 0 spiro atoms. The topological polar surface area (TPSA) is 63.2 Å². The lowest BCUT2D eigenvalue weighted by molar-refractivity contribution is -0.601. The summed E-state index contributed by atoms with van der Waals surface area (Å²) >= 11 is -0.572. The molecule has 0 aliphatic heterocycles. The fourth-order valence-corrected chi connectivity index (χ4v) is 5.28. The molecule has 0 bridgehead atoms. The third kappa shape index (κ3) is 4.16. The average molecular weight is 437 g/mol. The Balaban J connectivity index is 2.36. The molecule has 0 unspecified atom stereocenters. The minimum Gasteiger partial charge on any atom is -0.456 e. The zero-order chi connectivity index (χ0) is 17.0. The molecule has 128 valence electrons. The van der Waals surface area contributed by atoms with E-state index >= 15 is 0 Å². The molecule has 0 aromatic carbocycles. The van der Waals surface area contributed by atoms with Crippen molar-refractivity contribution in [1.29, 1.82) is 0 Å². The fraction of sp³-hybridized carbons (Fsp3) is 0.500. The number of methoxy groups -OCH3 is 4. The second-order valence-electron chi connectivity index (χ2n) is 4.84. The molecule has 2 aromatic heterocycles. The van der Waals surface area contributed by atoms with Crippen molar-refractivity contribution in [1.82, 2.24) is 0 Å². The Morgan fingerprint density at radius 3 is 1.39 bits per heavy atom. The van der Waals surface area contributed by atoms with Crippen LogP contribution in [0.3, 0.4) is 0 Å². The zero-order valence-corrected chi connectivity index (χ0v) is 16.3. The van der Waals surface area contributed by atoms with E-state index < -0.39 is 33.8 Å². The minimum atomic E-state index is -0.572. The van der Waals surface area contributed by atoms with E-state index in [-0.39, 0.29) is 0 Å². The first kappa shape index (κ1) is 18.5. The molecule has 0 N–H and O–H groups in total. The highest BCUT2D eigenvalue weighted by molar-refractivity contribution is 5.10. The summed E-state index contributed by atoms with van der Waals surface area (Å²) in [5.74, 6) is 3.06. The van der Waals surface area contributed by atoms with Gasteiger partial charge in [0.2, 0.25) is 31.2 Å². The Morgan fingerprint density at radius 2 is 1.09 bits per heavy atom. The number of ether oxygens (including phenoxy) is 4. The number of furan rings is 2. The Hall–Kier alpha value is -0.870. The van der Waals surface area contributed by atoms with Crippen LogP contribution in [0.5, 0.6) is 0 Å². The van der Waals surface area contributed by atoms with Crippen molar-refractivity contribution in [3.05, 3.63) is 42.3 Å². The van der Waals surface area contributed by atoms with Gasteiger partial charge in [0, 0.05) is 40.6 Å². The van der Waals surface area contributed by atoms with Crippen LogP contribution in [-0.2, 0) is 18.9 Å². The normalized spacial score (nSPS) is 11.8. The van der Waals surface area contributed by atoms with Gasteiger partial charge in [-0.3, -0.25) is 0 Å². The van der Waals surface area contributed by atoms with Crippen molar-refractivity contribution in [2.75, 3.05) is 28.4 Å². The smallest absolute Gasteiger partial charge is 0.366 e. The maximum Gasteiger partial charge on any atom is 0.366 e. The van der Waals surface area contributed by atoms with Crippen LogP contribution in [0.4, 0.5) is 0 Å². The van der Waals surface area contributed by atoms with Gasteiger partial charge in [0.1, 0.15) is 11.5 Å². The average Bonchev–Trinajstić information content (AvgIpc) is 3.06. The Bertz CT molecular complexity index is 570. The van der Waals surface area contributed by atoms with E-state index in [1.807, 2.05) is 26.0 Å². The van der Waals surface area contributed by atoms with Crippen LogP contribution in [0, 0.1) is 21.0 Å². The second-order valence-corrected chi connectivity index (χ2v) is 7.70. The SMILES string of the molecule is COC(OC)c1oc(C)cc1[I+]c1cc(C)oc1C(OC)OC. The highest BCUT2D eigenvalue weighted by Crippen LogP contribution is 2.22. The molecule has 2 rings (SSSR count). The van der Waals surface area contributed by atoms with Gasteiger partial charge in [0.15, 0.2) is 0 Å². The van der Waals surface area contributed by atoms with Crippen LogP contribution in [-0.4, -0.2) is 28.4 Å². The van der Waals surface area contributed by atoms with Gasteiger partial charge in [-0.15, -0.1) is 0 Å². The molecule has 0 aliphatic rings. The van der Waals surface area contributed by atoms with E-state index in [4.69, 9.17) is 27.8 Å². The standard InChI is InChI=1S/C16H22IO6/c1-9-7-11(13(22-9)15(18-3)19-4)17-12-8-10(2)23-14(12)16(20-5)21-6/h7-8,15-16H,1-6H3/q+1. The molecule has 23 heavy (non-hydrogen) atoms. The summed E-state index contributed by atoms with van der Waals surface area (Å²) in [7, 11) is 6.36. The van der Waals surface area contributed by atoms with Gasteiger partial charge >= 0.3 is 21.2 Å². The van der Waals surface area contributed by atoms with Crippen molar-refractivity contribution in [2.45, 2.75) is 26.4 Å². The van der Waals surface area contributed by atoms with E-state index in [9.17, 15) is 0 Å². The minimum absolute atomic E-state index is 0.518. The molecule has 0 aliphatic carbocycles. The van der Waals surface area contributed by atoms with E-state index in [1.165, 1.54) is 0 Å². The van der Waals surface area contributed by atoms with Gasteiger partial charge in [-0.1, -0.05) is 0 Å². The van der Waals surface area contributed by atoms with Gasteiger partial charge in [-0.25, -0.2) is 0 Å². The first-order chi connectivity index (χ1) is 11.0. The molecule has 2 heterocycles. The second kappa shape index (κ2) is 8.29. The molecule has 2 aromatic rings. The van der Waals surface area contributed by atoms with Crippen LogP contribution in [0.2, 0.25) is 0 Å². The van der Waals surface area contributed by atoms with E-state index in [0.717, 1.165) is 18.7 Å². The van der Waals surface area contributed by atoms with Gasteiger partial charge < -0.3 is 27.8 Å². The number of hydrogen-bond acceptors (Lipinski definition) is 6. The predicted molar refractivity (Wildman–Crippen MR) is 77.8 cm³/mol. The number of aryl methyl sites for hydroxylation is 2. The van der Waals surface area contributed by atoms with Crippen LogP contribution in [0.25, 0.3) is 0 Å². The van der Waals surface area contributed by atoms with Crippen molar-refractivity contribution in [2.24, 2.45) is 0 Å². The Morgan fingerprint density at radius 1 is 0.739 bits per heavy atom. The molecule has 0 radical (unpaired) electrons. The van der Waals surface area contributed by atoms with Gasteiger partial charge in [0.25, 0.3) is 0 Å². The van der Waals surface area contributed by atoms with Crippen LogP contribution >= 0.6 is 0 Å². The lowest BCUT2D eigenvalue weighted by Crippen LogP contribution is -3.62. The lowest BCUT2D eigenvalue weighted by atomic mass is 10.4. The summed E-state index contributed by atoms with van der Waals surface area (Å²) in [5, 5.41) is 0. The van der Waals surface area contributed by atoms with Crippen LogP contribution in [0.15, 0.2) is 21.0 Å². The maximum absolute atomic E-state index is 5.77. The van der Waals surface area contributed by atoms with Gasteiger partial charge in [-0.2, -0.15) is 0 Å². The Labute approximate surface area is 146 Å². The molecule has 0 saturated carbocycles. The molecule has 0 atom stereocenters. The highest BCUT2D eigenvalue weighted by atomic mass is 127. The van der Waals surface area contributed by atoms with E-state index in [2.05, 4.69) is 0 Å². The Kier molecular flexibility index (Phi) is 6.66. The third-order valence-corrected chi connectivity index (χ3v) is 6.01. The molecule has 0 amide bonds. The summed E-state index contributed by atoms with van der Waals surface area (Å²) in [4.78, 5) is 0. The fourth-order valence-electron chi connectivity index (χ4n) is 2.20. The summed E-state index contributed by atoms with van der Waals surface area (Å²) in [6.45, 7) is 3.82. The number of rotatable bonds is 8. The predicted octanol–water partition coefficient (Wildman–Crippen LogP) is 0.201. The zero-order valence-electron chi connectivity index (χ0n) is 14.1. The van der Waals surface area contributed by atoms with E-state index in [0.29, 0.717) is 11.5 Å². The van der Waals surface area contributed by atoms with Gasteiger partial charge in [-0.05, 0) is 13.8 Å². The molecular formula is C16H22IO6+. The summed E-state index contributed by atoms with van der Waals surface area (Å²) in [6, 6.07) is 4.04. The summed E-state index contributed by atoms with van der Waals surface area (Å²) in [5.41, 5.74) is 0. The third-order valence-electron chi connectivity index (χ3n) is 3.16. The van der Waals surface area contributed by atoms with Crippen molar-refractivity contribution in [3.63, 3.8) is 0 Å². The summed E-state index contributed by atoms with van der Waals surface area (Å²) in [6.07, 6.45) is -1.04. The monoisotopic (exact) mass is 437 g/mol. The first-order valence-corrected chi connectivity index (χ1v) is 9.16. The van der Waals surface area contributed by atoms with Crippen molar-refractivity contribution >= 4 is 0 Å². The van der Waals surface area contributed by atoms with Crippen molar-refractivity contribution < 1.29 is 49.0 Å². The molecule has 6 nitrogen and oxygen atoms in total. The molecule has 0 saturated heterocycles. The lowest BCUT2D eigenvalue weighted by Gasteiger charge is -2.10. The summed E-state index contributed by atoms with van der Waals surface area (Å²) < 4.78 is 35.0. The van der Waals surface area contributed by atoms with E-state index in [1.54, 1.807) is 28.4 Å². The van der Waals surface area contributed by atoms with Crippen LogP contribution < -0.4 is 21.2 Å². The molecule has 0 fully saturated rings. The van der Waals surface area contributed by atoms with Crippen molar-refractivity contribution in [3.8, 4) is 0 Å². The van der Waals surface area contributed by atoms with Crippen LogP contribution in [0.1, 0.15) is 35.6 Å². The number of halogens is 1. The maximum atomic E-state index is 5.77.